The summed E-state index contributed by atoms with van der Waals surface area (Å²) in [4.78, 5) is 11.2. The molecule has 3 heteroatoms. The number of hydrogen-bond donors (Lipinski definition) is 0. The third kappa shape index (κ3) is 3.20. The first kappa shape index (κ1) is 16.3. The Balaban J connectivity index is 1.64. The van der Waals surface area contributed by atoms with E-state index >= 15 is 0 Å². The van der Waals surface area contributed by atoms with Gasteiger partial charge in [0.2, 0.25) is 6.29 Å². The van der Waals surface area contributed by atoms with Crippen LogP contribution in [0.25, 0.3) is 0 Å². The van der Waals surface area contributed by atoms with Crippen LogP contribution in [-0.2, 0) is 14.3 Å². The fourth-order valence-electron chi connectivity index (χ4n) is 5.69. The number of esters is 1. The molecule has 3 rings (SSSR count). The second-order valence-electron chi connectivity index (χ2n) is 9.09. The Hall–Kier alpha value is -0.570. The second-order valence-corrected chi connectivity index (χ2v) is 9.09. The predicted molar refractivity (Wildman–Crippen MR) is 86.2 cm³/mol. The SMILES string of the molecule is CC(=O)O[C@@H]1OC[C@H]2CC(C3(C)CCCC(C)(C)C3)CC[C@H]21. The molecule has 3 nitrogen and oxygen atoms in total. The van der Waals surface area contributed by atoms with Crippen LogP contribution in [0, 0.1) is 28.6 Å². The van der Waals surface area contributed by atoms with Crippen molar-refractivity contribution in [2.24, 2.45) is 28.6 Å². The first-order valence-electron chi connectivity index (χ1n) is 9.08. The van der Waals surface area contributed by atoms with E-state index in [0.717, 1.165) is 18.9 Å². The predicted octanol–water partition coefficient (Wildman–Crippen LogP) is 4.54. The fourth-order valence-corrected chi connectivity index (χ4v) is 5.69. The van der Waals surface area contributed by atoms with E-state index < -0.39 is 0 Å². The van der Waals surface area contributed by atoms with Crippen molar-refractivity contribution in [2.75, 3.05) is 6.61 Å². The van der Waals surface area contributed by atoms with Crippen molar-refractivity contribution in [3.05, 3.63) is 0 Å². The maximum Gasteiger partial charge on any atom is 0.304 e. The summed E-state index contributed by atoms with van der Waals surface area (Å²) in [5.74, 6) is 1.62. The summed E-state index contributed by atoms with van der Waals surface area (Å²) in [6.07, 6.45) is 8.90. The fraction of sp³-hybridized carbons (Fsp3) is 0.947. The lowest BCUT2D eigenvalue weighted by molar-refractivity contribution is -0.174. The molecule has 0 amide bonds. The molecule has 126 valence electrons. The third-order valence-corrected chi connectivity index (χ3v) is 6.62. The molecule has 0 N–H and O–H groups in total. The van der Waals surface area contributed by atoms with Crippen molar-refractivity contribution in [3.8, 4) is 0 Å². The molecule has 0 radical (unpaired) electrons. The summed E-state index contributed by atoms with van der Waals surface area (Å²) in [7, 11) is 0. The number of carbonyl (C=O) groups excluding carboxylic acids is 1. The number of ether oxygens (including phenoxy) is 2. The van der Waals surface area contributed by atoms with E-state index in [4.69, 9.17) is 9.47 Å². The van der Waals surface area contributed by atoms with Gasteiger partial charge < -0.3 is 9.47 Å². The number of hydrogen-bond acceptors (Lipinski definition) is 3. The molecule has 2 aliphatic carbocycles. The van der Waals surface area contributed by atoms with Crippen molar-refractivity contribution in [2.45, 2.75) is 78.9 Å². The molecule has 2 unspecified atom stereocenters. The average molecular weight is 308 g/mol. The van der Waals surface area contributed by atoms with E-state index in [9.17, 15) is 4.79 Å². The van der Waals surface area contributed by atoms with Gasteiger partial charge in [-0.15, -0.1) is 0 Å². The summed E-state index contributed by atoms with van der Waals surface area (Å²) < 4.78 is 11.1. The molecular formula is C19H32O3. The highest BCUT2D eigenvalue weighted by atomic mass is 16.7. The van der Waals surface area contributed by atoms with E-state index in [1.54, 1.807) is 0 Å². The highest BCUT2D eigenvalue weighted by Crippen LogP contribution is 2.56. The van der Waals surface area contributed by atoms with Crippen LogP contribution in [0.5, 0.6) is 0 Å². The lowest BCUT2D eigenvalue weighted by atomic mass is 9.55. The second kappa shape index (κ2) is 5.81. The van der Waals surface area contributed by atoms with Crippen LogP contribution in [0.2, 0.25) is 0 Å². The summed E-state index contributed by atoms with van der Waals surface area (Å²) >= 11 is 0. The van der Waals surface area contributed by atoms with Crippen LogP contribution in [0.1, 0.15) is 72.6 Å². The molecular weight excluding hydrogens is 276 g/mol. The van der Waals surface area contributed by atoms with E-state index in [1.807, 2.05) is 0 Å². The van der Waals surface area contributed by atoms with Gasteiger partial charge in [-0.1, -0.05) is 27.2 Å². The summed E-state index contributed by atoms with van der Waals surface area (Å²) in [6.45, 7) is 9.65. The molecule has 0 aromatic carbocycles. The monoisotopic (exact) mass is 308 g/mol. The smallest absolute Gasteiger partial charge is 0.304 e. The van der Waals surface area contributed by atoms with Crippen molar-refractivity contribution < 1.29 is 14.3 Å². The van der Waals surface area contributed by atoms with Gasteiger partial charge in [0.15, 0.2) is 0 Å². The Bertz CT molecular complexity index is 430. The van der Waals surface area contributed by atoms with E-state index in [0.29, 0.717) is 22.7 Å². The summed E-state index contributed by atoms with van der Waals surface area (Å²) in [6, 6.07) is 0. The van der Waals surface area contributed by atoms with Crippen molar-refractivity contribution in [1.29, 1.82) is 0 Å². The molecule has 1 aliphatic heterocycles. The van der Waals surface area contributed by atoms with Crippen LogP contribution in [0.3, 0.4) is 0 Å². The Kier molecular flexibility index (Phi) is 4.30. The zero-order valence-electron chi connectivity index (χ0n) is 14.7. The molecule has 1 saturated heterocycles. The molecule has 2 saturated carbocycles. The van der Waals surface area contributed by atoms with Crippen LogP contribution >= 0.6 is 0 Å². The zero-order chi connectivity index (χ0) is 16.0. The van der Waals surface area contributed by atoms with Gasteiger partial charge in [-0.2, -0.15) is 0 Å². The standard InChI is InChI=1S/C19H32O3/c1-13(20)22-17-16-7-6-15(10-14(16)11-21-17)19(4)9-5-8-18(2,3)12-19/h14-17H,5-12H2,1-4H3/t14-,15?,16-,17+,19?/m1/s1. The van der Waals surface area contributed by atoms with Crippen LogP contribution in [-0.4, -0.2) is 18.9 Å². The lowest BCUT2D eigenvalue weighted by Crippen LogP contribution is -2.41. The number of carbonyl (C=O) groups is 1. The largest absolute Gasteiger partial charge is 0.436 e. The minimum absolute atomic E-state index is 0.214. The van der Waals surface area contributed by atoms with Gasteiger partial charge in [0, 0.05) is 12.8 Å². The highest BCUT2D eigenvalue weighted by molar-refractivity contribution is 5.66. The highest BCUT2D eigenvalue weighted by Gasteiger charge is 2.49. The van der Waals surface area contributed by atoms with E-state index in [-0.39, 0.29) is 12.3 Å². The van der Waals surface area contributed by atoms with Crippen molar-refractivity contribution in [3.63, 3.8) is 0 Å². The first-order valence-corrected chi connectivity index (χ1v) is 9.08. The van der Waals surface area contributed by atoms with Crippen LogP contribution in [0.15, 0.2) is 0 Å². The van der Waals surface area contributed by atoms with Gasteiger partial charge in [0.25, 0.3) is 0 Å². The van der Waals surface area contributed by atoms with Crippen molar-refractivity contribution in [1.82, 2.24) is 0 Å². The molecule has 0 bridgehead atoms. The molecule has 0 aromatic rings. The molecule has 22 heavy (non-hydrogen) atoms. The maximum atomic E-state index is 11.2. The summed E-state index contributed by atoms with van der Waals surface area (Å²) in [5.41, 5.74) is 0.989. The topological polar surface area (TPSA) is 35.5 Å². The Morgan fingerprint density at radius 1 is 1.18 bits per heavy atom. The maximum absolute atomic E-state index is 11.2. The number of fused-ring (bicyclic) bond motifs is 1. The Labute approximate surface area is 135 Å². The van der Waals surface area contributed by atoms with Gasteiger partial charge >= 0.3 is 5.97 Å². The molecule has 5 atom stereocenters. The van der Waals surface area contributed by atoms with Crippen molar-refractivity contribution >= 4 is 5.97 Å². The quantitative estimate of drug-likeness (QED) is 0.702. The molecule has 0 spiro atoms. The van der Waals surface area contributed by atoms with Gasteiger partial charge in [-0.05, 0) is 61.2 Å². The molecule has 1 heterocycles. The minimum atomic E-state index is -0.279. The molecule has 0 aromatic heterocycles. The van der Waals surface area contributed by atoms with Gasteiger partial charge in [-0.3, -0.25) is 4.79 Å². The lowest BCUT2D eigenvalue weighted by Gasteiger charge is -2.50. The summed E-state index contributed by atoms with van der Waals surface area (Å²) in [5, 5.41) is 0. The van der Waals surface area contributed by atoms with E-state index in [2.05, 4.69) is 20.8 Å². The van der Waals surface area contributed by atoms with Gasteiger partial charge in [0.1, 0.15) is 0 Å². The normalized spacial score (nSPS) is 44.4. The average Bonchev–Trinajstić information content (AvgIpc) is 2.79. The zero-order valence-corrected chi connectivity index (χ0v) is 14.7. The number of rotatable bonds is 2. The third-order valence-electron chi connectivity index (χ3n) is 6.62. The molecule has 3 aliphatic rings. The Morgan fingerprint density at radius 2 is 1.95 bits per heavy atom. The van der Waals surface area contributed by atoms with Gasteiger partial charge in [0.05, 0.1) is 6.61 Å². The first-order chi connectivity index (χ1) is 10.3. The van der Waals surface area contributed by atoms with Crippen LogP contribution in [0.4, 0.5) is 0 Å². The van der Waals surface area contributed by atoms with Crippen LogP contribution < -0.4 is 0 Å². The van der Waals surface area contributed by atoms with E-state index in [1.165, 1.54) is 45.4 Å². The van der Waals surface area contributed by atoms with Gasteiger partial charge in [-0.25, -0.2) is 0 Å². The minimum Gasteiger partial charge on any atom is -0.436 e. The molecule has 3 fully saturated rings. The Morgan fingerprint density at radius 3 is 2.64 bits per heavy atom.